The Kier molecular flexibility index (Phi) is 10.1. The molecule has 1 aromatic rings. The molecule has 1 saturated heterocycles. The van der Waals surface area contributed by atoms with E-state index in [2.05, 4.69) is 5.32 Å². The van der Waals surface area contributed by atoms with E-state index in [-0.39, 0.29) is 6.42 Å². The Bertz CT molecular complexity index is 684. The lowest BCUT2D eigenvalue weighted by Gasteiger charge is -2.29. The van der Waals surface area contributed by atoms with Crippen molar-refractivity contribution >= 4 is 12.0 Å². The minimum atomic E-state index is -1.86. The van der Waals surface area contributed by atoms with Crippen molar-refractivity contribution in [2.24, 2.45) is 0 Å². The van der Waals surface area contributed by atoms with Crippen molar-refractivity contribution < 1.29 is 44.6 Å². The van der Waals surface area contributed by atoms with Crippen molar-refractivity contribution in [3.8, 4) is 0 Å². The third-order valence-electron chi connectivity index (χ3n) is 4.88. The van der Waals surface area contributed by atoms with Crippen molar-refractivity contribution in [2.45, 2.75) is 36.9 Å². The van der Waals surface area contributed by atoms with Crippen LogP contribution in [0.5, 0.6) is 0 Å². The van der Waals surface area contributed by atoms with Crippen molar-refractivity contribution in [3.05, 3.63) is 35.9 Å². The molecule has 1 fully saturated rings. The van der Waals surface area contributed by atoms with Gasteiger partial charge in [-0.3, -0.25) is 0 Å². The van der Waals surface area contributed by atoms with Crippen LogP contribution in [0.25, 0.3) is 0 Å². The van der Waals surface area contributed by atoms with Gasteiger partial charge < -0.3 is 45.2 Å². The number of carbonyl (C=O) groups excluding carboxylic acids is 2. The topological polar surface area (TPSA) is 169 Å². The van der Waals surface area contributed by atoms with Crippen LogP contribution in [-0.4, -0.2) is 112 Å². The molecule has 11 nitrogen and oxygen atoms in total. The lowest BCUT2D eigenvalue weighted by atomic mass is 10.0. The lowest BCUT2D eigenvalue weighted by molar-refractivity contribution is -0.158. The molecule has 1 aromatic carbocycles. The summed E-state index contributed by atoms with van der Waals surface area (Å²) in [5.41, 5.74) is 0.772. The average molecular weight is 442 g/mol. The molecule has 0 unspecified atom stereocenters. The van der Waals surface area contributed by atoms with Gasteiger partial charge in [0.1, 0.15) is 37.1 Å². The summed E-state index contributed by atoms with van der Waals surface area (Å²) in [4.78, 5) is 26.7. The first kappa shape index (κ1) is 25.0. The van der Waals surface area contributed by atoms with Gasteiger partial charge in [0.2, 0.25) is 0 Å². The number of benzene rings is 1. The van der Waals surface area contributed by atoms with Crippen molar-refractivity contribution in [3.63, 3.8) is 0 Å². The molecule has 0 bridgehead atoms. The summed E-state index contributed by atoms with van der Waals surface area (Å²) in [6.45, 7) is 0.0514. The molecular formula is C20H30N2O9. The van der Waals surface area contributed by atoms with E-state index in [0.29, 0.717) is 26.3 Å². The Labute approximate surface area is 179 Å². The number of aliphatic hydroxyl groups excluding tert-OH is 5. The Morgan fingerprint density at radius 3 is 2.26 bits per heavy atom. The number of nitrogens with one attached hydrogen (secondary N) is 1. The smallest absolute Gasteiger partial charge is 0.329 e. The Morgan fingerprint density at radius 1 is 1.03 bits per heavy atom. The highest BCUT2D eigenvalue weighted by atomic mass is 16.5. The van der Waals surface area contributed by atoms with Crippen LogP contribution in [0.1, 0.15) is 5.56 Å². The van der Waals surface area contributed by atoms with Gasteiger partial charge in [-0.15, -0.1) is 0 Å². The Hall–Kier alpha value is -2.28. The SMILES string of the molecule is O=C(OC[C@@H](O)[C@@H](O)[C@H](O)[C@H](O)CO)[C@H](Cc1ccccc1)NC(=O)N1CCOCC1. The number of esters is 1. The maximum atomic E-state index is 12.6. The first-order valence-electron chi connectivity index (χ1n) is 10.00. The first-order valence-corrected chi connectivity index (χ1v) is 10.00. The van der Waals surface area contributed by atoms with Crippen molar-refractivity contribution in [1.29, 1.82) is 0 Å². The molecule has 6 N–H and O–H groups in total. The van der Waals surface area contributed by atoms with Crippen LogP contribution in [-0.2, 0) is 20.7 Å². The van der Waals surface area contributed by atoms with Gasteiger partial charge in [0, 0.05) is 19.5 Å². The van der Waals surface area contributed by atoms with Gasteiger partial charge in [-0.2, -0.15) is 0 Å². The van der Waals surface area contributed by atoms with Gasteiger partial charge in [0.05, 0.1) is 19.8 Å². The molecule has 1 aliphatic rings. The van der Waals surface area contributed by atoms with E-state index in [1.165, 1.54) is 4.90 Å². The predicted molar refractivity (Wildman–Crippen MR) is 107 cm³/mol. The molecule has 174 valence electrons. The van der Waals surface area contributed by atoms with Gasteiger partial charge in [-0.05, 0) is 5.56 Å². The van der Waals surface area contributed by atoms with E-state index in [0.717, 1.165) is 5.56 Å². The quantitative estimate of drug-likeness (QED) is 0.217. The van der Waals surface area contributed by atoms with Crippen molar-refractivity contribution in [1.82, 2.24) is 10.2 Å². The highest BCUT2D eigenvalue weighted by molar-refractivity contribution is 5.84. The van der Waals surface area contributed by atoms with E-state index in [1.807, 2.05) is 6.07 Å². The van der Waals surface area contributed by atoms with Crippen LogP contribution >= 0.6 is 0 Å². The fraction of sp³-hybridized carbons (Fsp3) is 0.600. The molecule has 1 heterocycles. The number of amides is 2. The molecular weight excluding hydrogens is 412 g/mol. The van der Waals surface area contributed by atoms with Crippen LogP contribution in [0.2, 0.25) is 0 Å². The maximum Gasteiger partial charge on any atom is 0.329 e. The van der Waals surface area contributed by atoms with Crippen molar-refractivity contribution in [2.75, 3.05) is 39.5 Å². The summed E-state index contributed by atoms with van der Waals surface area (Å²) in [6.07, 6.45) is -6.93. The number of nitrogens with zero attached hydrogens (tertiary/aromatic N) is 1. The van der Waals surface area contributed by atoms with Crippen LogP contribution in [0.3, 0.4) is 0 Å². The maximum absolute atomic E-state index is 12.6. The second-order valence-corrected chi connectivity index (χ2v) is 7.22. The zero-order chi connectivity index (χ0) is 22.8. The standard InChI is InChI=1S/C20H30N2O9/c23-11-15(24)17(26)18(27)16(25)12-31-19(28)14(10-13-4-2-1-3-5-13)21-20(29)22-6-8-30-9-7-22/h1-5,14-18,23-27H,6-12H2,(H,21,29)/t14-,15+,16+,17+,18+/m0/s1. The fourth-order valence-corrected chi connectivity index (χ4v) is 2.98. The first-order chi connectivity index (χ1) is 14.8. The monoisotopic (exact) mass is 442 g/mol. The summed E-state index contributed by atoms with van der Waals surface area (Å²) >= 11 is 0. The number of urea groups is 1. The molecule has 31 heavy (non-hydrogen) atoms. The minimum absolute atomic E-state index is 0.139. The van der Waals surface area contributed by atoms with Crippen LogP contribution < -0.4 is 5.32 Å². The third kappa shape index (κ3) is 7.73. The number of aliphatic hydroxyl groups is 5. The van der Waals surface area contributed by atoms with Crippen LogP contribution in [0.4, 0.5) is 4.79 Å². The molecule has 11 heteroatoms. The number of hydrogen-bond donors (Lipinski definition) is 6. The highest BCUT2D eigenvalue weighted by Gasteiger charge is 2.32. The molecule has 0 radical (unpaired) electrons. The fourth-order valence-electron chi connectivity index (χ4n) is 2.98. The molecule has 0 saturated carbocycles. The van der Waals surface area contributed by atoms with Gasteiger partial charge in [-0.25, -0.2) is 9.59 Å². The van der Waals surface area contributed by atoms with Crippen LogP contribution in [0.15, 0.2) is 30.3 Å². The molecule has 0 aliphatic carbocycles. The summed E-state index contributed by atoms with van der Waals surface area (Å²) in [7, 11) is 0. The minimum Gasteiger partial charge on any atom is -0.461 e. The van der Waals surface area contributed by atoms with Gasteiger partial charge in [0.25, 0.3) is 0 Å². The zero-order valence-electron chi connectivity index (χ0n) is 17.0. The summed E-state index contributed by atoms with van der Waals surface area (Å²) in [5, 5.41) is 50.2. The van der Waals surface area contributed by atoms with E-state index in [4.69, 9.17) is 14.6 Å². The normalized spacial score (nSPS) is 19.1. The molecule has 0 spiro atoms. The second kappa shape index (κ2) is 12.5. The Morgan fingerprint density at radius 2 is 1.65 bits per heavy atom. The van der Waals surface area contributed by atoms with Gasteiger partial charge >= 0.3 is 12.0 Å². The van der Waals surface area contributed by atoms with E-state index >= 15 is 0 Å². The molecule has 0 aromatic heterocycles. The number of morpholine rings is 1. The molecule has 2 rings (SSSR count). The molecule has 2 amide bonds. The van der Waals surface area contributed by atoms with E-state index < -0.39 is 55.7 Å². The lowest BCUT2D eigenvalue weighted by Crippen LogP contribution is -2.53. The molecule has 1 aliphatic heterocycles. The van der Waals surface area contributed by atoms with E-state index in [1.54, 1.807) is 24.3 Å². The predicted octanol–water partition coefficient (Wildman–Crippen LogP) is -2.38. The summed E-state index contributed by atoms with van der Waals surface area (Å²) in [5.74, 6) is -0.839. The highest BCUT2D eigenvalue weighted by Crippen LogP contribution is 2.09. The van der Waals surface area contributed by atoms with Gasteiger partial charge in [0.15, 0.2) is 0 Å². The Balaban J connectivity index is 1.99. The molecule has 5 atom stereocenters. The summed E-state index contributed by atoms with van der Waals surface area (Å²) in [6, 6.07) is 7.44. The third-order valence-corrected chi connectivity index (χ3v) is 4.88. The number of hydrogen-bond acceptors (Lipinski definition) is 9. The average Bonchev–Trinajstić information content (AvgIpc) is 2.81. The second-order valence-electron chi connectivity index (χ2n) is 7.22. The number of rotatable bonds is 10. The summed E-state index contributed by atoms with van der Waals surface area (Å²) < 4.78 is 10.3. The van der Waals surface area contributed by atoms with Crippen LogP contribution in [0, 0.1) is 0 Å². The van der Waals surface area contributed by atoms with E-state index in [9.17, 15) is 30.0 Å². The zero-order valence-corrected chi connectivity index (χ0v) is 17.0. The van der Waals surface area contributed by atoms with Gasteiger partial charge in [-0.1, -0.05) is 30.3 Å². The number of ether oxygens (including phenoxy) is 2. The number of carbonyl (C=O) groups is 2. The largest absolute Gasteiger partial charge is 0.461 e.